The second kappa shape index (κ2) is 47.2. The number of hydrogen-bond donors (Lipinski definition) is 1. The van der Waals surface area contributed by atoms with Crippen LogP contribution in [0.2, 0.25) is 0 Å². The van der Waals surface area contributed by atoms with E-state index in [4.69, 9.17) is 5.73 Å². The van der Waals surface area contributed by atoms with Crippen LogP contribution in [0.3, 0.4) is 0 Å². The van der Waals surface area contributed by atoms with Crippen molar-refractivity contribution in [3.05, 3.63) is 13.6 Å². The predicted octanol–water partition coefficient (Wildman–Crippen LogP) is 1.13. The number of rotatable bonds is 0. The molecular formula is C3H12IrN2-2. The second-order valence-corrected chi connectivity index (χ2v) is 0.408. The Hall–Kier alpha value is 0.569. The van der Waals surface area contributed by atoms with Crippen molar-refractivity contribution >= 4 is 0 Å². The van der Waals surface area contributed by atoms with Crippen LogP contribution in [0.1, 0.15) is 6.92 Å². The fraction of sp³-hybridized carbons (Fsp3) is 0.667. The van der Waals surface area contributed by atoms with Gasteiger partial charge >= 0.3 is 0 Å². The molecule has 1 radical (unpaired) electrons. The molecule has 0 aromatic rings. The van der Waals surface area contributed by atoms with Crippen LogP contribution in [-0.2, 0) is 20.1 Å². The summed E-state index contributed by atoms with van der Waals surface area (Å²) in [4.78, 5) is 0. The first-order valence-electron chi connectivity index (χ1n) is 1.12. The molecule has 0 saturated carbocycles. The molecular weight excluding hydrogens is 256 g/mol. The summed E-state index contributed by atoms with van der Waals surface area (Å²) < 4.78 is 0. The van der Waals surface area contributed by atoms with Crippen LogP contribution in [0, 0.1) is 7.43 Å². The summed E-state index contributed by atoms with van der Waals surface area (Å²) in [6.45, 7) is 2.65. The molecule has 0 aromatic carbocycles. The standard InChI is InChI=1S/C2H7N.CH3.Ir.H2N/c1-2-3;;;/h2-3H2,1H3;1H3;;1H2/q;-1;;-1. The van der Waals surface area contributed by atoms with Crippen molar-refractivity contribution in [2.75, 3.05) is 6.54 Å². The molecule has 0 amide bonds. The first-order chi connectivity index (χ1) is 1.41. The number of hydrogen-bond acceptors (Lipinski definition) is 1. The fourth-order valence-corrected chi connectivity index (χ4v) is 0. The van der Waals surface area contributed by atoms with E-state index in [0.717, 1.165) is 6.54 Å². The van der Waals surface area contributed by atoms with Gasteiger partial charge < -0.3 is 19.3 Å². The summed E-state index contributed by atoms with van der Waals surface area (Å²) in [5.41, 5.74) is 4.85. The Morgan fingerprint density at radius 1 is 1.50 bits per heavy atom. The van der Waals surface area contributed by atoms with Gasteiger partial charge in [0.2, 0.25) is 0 Å². The molecule has 0 spiro atoms. The Bertz CT molecular complexity index is 8.75. The molecule has 0 rings (SSSR count). The van der Waals surface area contributed by atoms with Crippen molar-refractivity contribution in [2.45, 2.75) is 6.92 Å². The van der Waals surface area contributed by atoms with E-state index in [2.05, 4.69) is 0 Å². The molecule has 0 unspecified atom stereocenters. The van der Waals surface area contributed by atoms with Gasteiger partial charge in [-0.1, -0.05) is 6.92 Å². The van der Waals surface area contributed by atoms with E-state index in [-0.39, 0.29) is 33.7 Å². The molecule has 2 nitrogen and oxygen atoms in total. The van der Waals surface area contributed by atoms with Gasteiger partial charge in [-0.05, 0) is 6.54 Å². The third-order valence-corrected chi connectivity index (χ3v) is 0. The van der Waals surface area contributed by atoms with Gasteiger partial charge in [0.05, 0.1) is 0 Å². The Morgan fingerprint density at radius 2 is 1.50 bits per heavy atom. The van der Waals surface area contributed by atoms with E-state index < -0.39 is 0 Å². The molecule has 3 heteroatoms. The maximum atomic E-state index is 4.85. The van der Waals surface area contributed by atoms with E-state index in [9.17, 15) is 0 Å². The van der Waals surface area contributed by atoms with Gasteiger partial charge in [-0.3, -0.25) is 0 Å². The monoisotopic (exact) mass is 269 g/mol. The normalized spacial score (nSPS) is 3.00. The minimum atomic E-state index is 0. The van der Waals surface area contributed by atoms with E-state index in [0.29, 0.717) is 0 Å². The van der Waals surface area contributed by atoms with Gasteiger partial charge in [0.25, 0.3) is 0 Å². The van der Waals surface area contributed by atoms with Crippen LogP contribution in [0.15, 0.2) is 0 Å². The molecule has 4 N–H and O–H groups in total. The van der Waals surface area contributed by atoms with Gasteiger partial charge in [0, 0.05) is 20.1 Å². The van der Waals surface area contributed by atoms with Crippen LogP contribution in [0.5, 0.6) is 0 Å². The minimum Gasteiger partial charge on any atom is -0.693 e. The molecule has 0 bridgehead atoms. The van der Waals surface area contributed by atoms with Crippen molar-refractivity contribution in [3.8, 4) is 0 Å². The van der Waals surface area contributed by atoms with Crippen LogP contribution < -0.4 is 5.73 Å². The topological polar surface area (TPSA) is 59.5 Å². The smallest absolute Gasteiger partial charge is 0 e. The largest absolute Gasteiger partial charge is 0.693 e. The van der Waals surface area contributed by atoms with Crippen molar-refractivity contribution in [1.82, 2.24) is 0 Å². The average molecular weight is 268 g/mol. The minimum absolute atomic E-state index is 0. The van der Waals surface area contributed by atoms with Gasteiger partial charge in [-0.15, -0.1) is 0 Å². The Morgan fingerprint density at radius 3 is 1.50 bits per heavy atom. The van der Waals surface area contributed by atoms with Crippen LogP contribution in [0.4, 0.5) is 0 Å². The second-order valence-electron chi connectivity index (χ2n) is 0.408. The van der Waals surface area contributed by atoms with Crippen LogP contribution in [0.25, 0.3) is 6.15 Å². The van der Waals surface area contributed by atoms with E-state index in [1.807, 2.05) is 6.92 Å². The summed E-state index contributed by atoms with van der Waals surface area (Å²) in [7, 11) is 0. The molecule has 0 aliphatic carbocycles. The van der Waals surface area contributed by atoms with Gasteiger partial charge in [0.1, 0.15) is 0 Å². The molecule has 45 valence electrons. The number of nitrogens with two attached hydrogens (primary N) is 2. The molecule has 0 aliphatic rings. The molecule has 0 saturated heterocycles. The van der Waals surface area contributed by atoms with Crippen molar-refractivity contribution in [2.24, 2.45) is 5.73 Å². The van der Waals surface area contributed by atoms with Gasteiger partial charge in [-0.2, -0.15) is 0 Å². The summed E-state index contributed by atoms with van der Waals surface area (Å²) in [6, 6.07) is 0. The van der Waals surface area contributed by atoms with Crippen molar-refractivity contribution in [1.29, 1.82) is 0 Å². The zero-order chi connectivity index (χ0) is 2.71. The zero-order valence-electron chi connectivity index (χ0n) is 4.20. The SMILES string of the molecule is CCN.[CH3-].[Ir].[NH2-]. The predicted molar refractivity (Wildman–Crippen MR) is 26.4 cm³/mol. The van der Waals surface area contributed by atoms with E-state index >= 15 is 0 Å². The fourth-order valence-electron chi connectivity index (χ4n) is 0. The van der Waals surface area contributed by atoms with Crippen LogP contribution in [-0.4, -0.2) is 6.54 Å². The maximum Gasteiger partial charge on any atom is 0 e. The van der Waals surface area contributed by atoms with Crippen molar-refractivity contribution < 1.29 is 20.1 Å². The third-order valence-electron chi connectivity index (χ3n) is 0. The molecule has 0 aromatic heterocycles. The Labute approximate surface area is 53.4 Å². The van der Waals surface area contributed by atoms with E-state index in [1.165, 1.54) is 0 Å². The Kier molecular flexibility index (Phi) is 243. The quantitative estimate of drug-likeness (QED) is 0.658. The maximum absolute atomic E-state index is 4.85. The summed E-state index contributed by atoms with van der Waals surface area (Å²) in [5, 5.41) is 0. The zero-order valence-corrected chi connectivity index (χ0v) is 6.59. The summed E-state index contributed by atoms with van der Waals surface area (Å²) in [5.74, 6) is 0. The molecule has 0 heterocycles. The first kappa shape index (κ1) is 30.9. The third kappa shape index (κ3) is 180. The van der Waals surface area contributed by atoms with Gasteiger partial charge in [0.15, 0.2) is 0 Å². The van der Waals surface area contributed by atoms with Crippen LogP contribution >= 0.6 is 0 Å². The average Bonchev–Trinajstić information content (AvgIpc) is 0.918. The Balaban J connectivity index is -0.00000000667. The molecule has 0 fully saturated rings. The molecule has 0 atom stereocenters. The summed E-state index contributed by atoms with van der Waals surface area (Å²) in [6.07, 6.45) is 0. The first-order valence-corrected chi connectivity index (χ1v) is 1.12. The summed E-state index contributed by atoms with van der Waals surface area (Å²) >= 11 is 0. The molecule has 6 heavy (non-hydrogen) atoms. The van der Waals surface area contributed by atoms with E-state index in [1.54, 1.807) is 0 Å². The van der Waals surface area contributed by atoms with Crippen molar-refractivity contribution in [3.63, 3.8) is 0 Å². The van der Waals surface area contributed by atoms with Gasteiger partial charge in [-0.25, -0.2) is 0 Å². The molecule has 0 aliphatic heterocycles.